The average molecular weight is 488 g/mol. The van der Waals surface area contributed by atoms with Crippen LogP contribution in [0.4, 0.5) is 5.69 Å². The molecular formula is C29H37N5O2. The normalized spacial score (nSPS) is 17.1. The number of fused-ring (bicyclic) bond motifs is 1. The zero-order valence-electron chi connectivity index (χ0n) is 21.4. The Morgan fingerprint density at radius 3 is 2.67 bits per heavy atom. The Morgan fingerprint density at radius 2 is 1.92 bits per heavy atom. The summed E-state index contributed by atoms with van der Waals surface area (Å²) in [6.45, 7) is 3.58. The first-order valence-electron chi connectivity index (χ1n) is 13.2. The van der Waals surface area contributed by atoms with Crippen LogP contribution in [0.1, 0.15) is 68.2 Å². The van der Waals surface area contributed by atoms with Crippen molar-refractivity contribution in [2.24, 2.45) is 10.7 Å². The topological polar surface area (TPSA) is 80.1 Å². The lowest BCUT2D eigenvalue weighted by Gasteiger charge is -2.35. The van der Waals surface area contributed by atoms with E-state index in [0.717, 1.165) is 47.9 Å². The lowest BCUT2D eigenvalue weighted by Crippen LogP contribution is -2.41. The summed E-state index contributed by atoms with van der Waals surface area (Å²) >= 11 is 0. The summed E-state index contributed by atoms with van der Waals surface area (Å²) in [4.78, 5) is 13.8. The third kappa shape index (κ3) is 5.73. The smallest absolute Gasteiger partial charge is 0.197 e. The highest BCUT2D eigenvalue weighted by atomic mass is 16.5. The van der Waals surface area contributed by atoms with Gasteiger partial charge in [-0.15, -0.1) is 0 Å². The van der Waals surface area contributed by atoms with Crippen LogP contribution in [-0.2, 0) is 6.54 Å². The first kappa shape index (κ1) is 24.4. The Balaban J connectivity index is 1.31. The van der Waals surface area contributed by atoms with Crippen LogP contribution in [0.25, 0.3) is 0 Å². The minimum Gasteiger partial charge on any atom is -0.457 e. The molecule has 0 radical (unpaired) electrons. The maximum Gasteiger partial charge on any atom is 0.197 e. The quantitative estimate of drug-likeness (QED) is 0.380. The number of para-hydroxylation sites is 1. The Bertz CT molecular complexity index is 1170. The number of hydrogen-bond acceptors (Lipinski definition) is 7. The molecule has 1 fully saturated rings. The predicted molar refractivity (Wildman–Crippen MR) is 143 cm³/mol. The lowest BCUT2D eigenvalue weighted by molar-refractivity contribution is 0.176. The van der Waals surface area contributed by atoms with Crippen LogP contribution in [0.5, 0.6) is 11.5 Å². The first-order chi connectivity index (χ1) is 17.6. The summed E-state index contributed by atoms with van der Waals surface area (Å²) in [6, 6.07) is 16.5. The van der Waals surface area contributed by atoms with Gasteiger partial charge in [0.05, 0.1) is 17.9 Å². The number of benzene rings is 2. The molecule has 2 aliphatic rings. The van der Waals surface area contributed by atoms with Crippen LogP contribution in [-0.4, -0.2) is 40.4 Å². The van der Waals surface area contributed by atoms with Gasteiger partial charge in [0.1, 0.15) is 17.3 Å². The van der Waals surface area contributed by atoms with Crippen LogP contribution in [0, 0.1) is 6.92 Å². The molecule has 1 saturated carbocycles. The van der Waals surface area contributed by atoms with E-state index in [9.17, 15) is 0 Å². The van der Waals surface area contributed by atoms with E-state index in [1.165, 1.54) is 32.1 Å². The van der Waals surface area contributed by atoms with E-state index in [4.69, 9.17) is 19.9 Å². The fraction of sp³-hybridized carbons (Fsp3) is 0.448. The number of aryl methyl sites for hydroxylation is 1. The highest BCUT2D eigenvalue weighted by Gasteiger charge is 2.29. The van der Waals surface area contributed by atoms with E-state index in [1.807, 2.05) is 55.6 Å². The Hall–Kier alpha value is -3.32. The second-order valence-electron chi connectivity index (χ2n) is 10.0. The van der Waals surface area contributed by atoms with E-state index in [-0.39, 0.29) is 6.04 Å². The van der Waals surface area contributed by atoms with Gasteiger partial charge in [-0.05, 0) is 69.6 Å². The first-order valence-corrected chi connectivity index (χ1v) is 13.2. The lowest BCUT2D eigenvalue weighted by atomic mass is 9.94. The van der Waals surface area contributed by atoms with E-state index in [2.05, 4.69) is 27.9 Å². The number of ether oxygens (including phenoxy) is 1. The number of rotatable bonds is 9. The molecule has 36 heavy (non-hydrogen) atoms. The van der Waals surface area contributed by atoms with Gasteiger partial charge in [-0.2, -0.15) is 0 Å². The van der Waals surface area contributed by atoms with Crippen LogP contribution >= 0.6 is 0 Å². The van der Waals surface area contributed by atoms with Crippen LogP contribution < -0.4 is 10.5 Å². The fourth-order valence-electron chi connectivity index (χ4n) is 5.43. The van der Waals surface area contributed by atoms with Gasteiger partial charge in [-0.25, -0.2) is 9.98 Å². The van der Waals surface area contributed by atoms with Crippen molar-refractivity contribution in [1.82, 2.24) is 14.8 Å². The molecule has 1 unspecified atom stereocenters. The standard InChI is InChI=1S/C29H37N5O2/c1-21-31-19-28(35-21)27(14-9-17-33(2)23-10-5-3-6-11-23)34-20-22-18-25(15-16-26(22)32-29(34)30)36-24-12-7-4-8-13-24/h4,7-8,12-13,15-16,18-19,23,27H,3,5-6,9-11,14,17,20H2,1-2H3,(H2,30,32). The SMILES string of the molecule is Cc1ncc(C(CCCN(C)C2CCCCC2)N2Cc3cc(Oc4ccccc4)ccc3N=C2N)o1. The Kier molecular flexibility index (Phi) is 7.56. The molecule has 7 nitrogen and oxygen atoms in total. The summed E-state index contributed by atoms with van der Waals surface area (Å²) in [6.07, 6.45) is 10.5. The molecule has 0 bridgehead atoms. The van der Waals surface area contributed by atoms with Crippen molar-refractivity contribution in [3.63, 3.8) is 0 Å². The molecule has 7 heteroatoms. The number of nitrogens with zero attached hydrogens (tertiary/aromatic N) is 4. The van der Waals surface area contributed by atoms with Crippen LogP contribution in [0.3, 0.4) is 0 Å². The van der Waals surface area contributed by atoms with Crippen molar-refractivity contribution >= 4 is 11.6 Å². The summed E-state index contributed by atoms with van der Waals surface area (Å²) < 4.78 is 12.1. The van der Waals surface area contributed by atoms with E-state index in [0.29, 0.717) is 24.4 Å². The monoisotopic (exact) mass is 487 g/mol. The molecule has 2 N–H and O–H groups in total. The molecule has 0 saturated heterocycles. The summed E-state index contributed by atoms with van der Waals surface area (Å²) in [5.41, 5.74) is 8.49. The highest BCUT2D eigenvalue weighted by molar-refractivity contribution is 5.84. The highest BCUT2D eigenvalue weighted by Crippen LogP contribution is 2.36. The van der Waals surface area contributed by atoms with Crippen molar-refractivity contribution in [2.45, 2.75) is 70.5 Å². The number of aliphatic imine (C=N–C) groups is 1. The van der Waals surface area contributed by atoms with Gasteiger partial charge in [0.15, 0.2) is 11.9 Å². The summed E-state index contributed by atoms with van der Waals surface area (Å²) in [5.74, 6) is 3.62. The van der Waals surface area contributed by atoms with Crippen molar-refractivity contribution < 1.29 is 9.15 Å². The second kappa shape index (κ2) is 11.2. The largest absolute Gasteiger partial charge is 0.457 e. The van der Waals surface area contributed by atoms with Crippen molar-refractivity contribution in [3.05, 3.63) is 71.9 Å². The predicted octanol–water partition coefficient (Wildman–Crippen LogP) is 6.32. The maximum atomic E-state index is 6.52. The molecule has 1 atom stereocenters. The van der Waals surface area contributed by atoms with Crippen molar-refractivity contribution in [1.29, 1.82) is 0 Å². The molecule has 1 aliphatic heterocycles. The molecule has 0 amide bonds. The maximum absolute atomic E-state index is 6.52. The van der Waals surface area contributed by atoms with Gasteiger partial charge in [0.25, 0.3) is 0 Å². The van der Waals surface area contributed by atoms with E-state index >= 15 is 0 Å². The minimum absolute atomic E-state index is 0.0263. The van der Waals surface area contributed by atoms with E-state index in [1.54, 1.807) is 0 Å². The molecule has 3 aromatic rings. The molecule has 5 rings (SSSR count). The Labute approximate surface area is 214 Å². The van der Waals surface area contributed by atoms with Crippen LogP contribution in [0.2, 0.25) is 0 Å². The molecule has 2 heterocycles. The molecule has 1 aliphatic carbocycles. The molecule has 2 aromatic carbocycles. The second-order valence-corrected chi connectivity index (χ2v) is 10.0. The van der Waals surface area contributed by atoms with Gasteiger partial charge in [0.2, 0.25) is 0 Å². The van der Waals surface area contributed by atoms with E-state index < -0.39 is 0 Å². The molecule has 1 aromatic heterocycles. The summed E-state index contributed by atoms with van der Waals surface area (Å²) in [7, 11) is 2.27. The number of hydrogen-bond donors (Lipinski definition) is 1. The van der Waals surface area contributed by atoms with Crippen molar-refractivity contribution in [3.8, 4) is 11.5 Å². The zero-order valence-corrected chi connectivity index (χ0v) is 21.4. The fourth-order valence-corrected chi connectivity index (χ4v) is 5.43. The van der Waals surface area contributed by atoms with Gasteiger partial charge >= 0.3 is 0 Å². The van der Waals surface area contributed by atoms with Gasteiger partial charge in [-0.3, -0.25) is 0 Å². The Morgan fingerprint density at radius 1 is 1.11 bits per heavy atom. The zero-order chi connectivity index (χ0) is 24.9. The number of guanidine groups is 1. The minimum atomic E-state index is -0.0263. The van der Waals surface area contributed by atoms with Crippen LogP contribution in [0.15, 0.2) is 64.1 Å². The van der Waals surface area contributed by atoms with Gasteiger partial charge < -0.3 is 24.7 Å². The average Bonchev–Trinajstić information content (AvgIpc) is 3.33. The molecule has 190 valence electrons. The number of oxazole rings is 1. The molecule has 0 spiro atoms. The van der Waals surface area contributed by atoms with Crippen molar-refractivity contribution in [2.75, 3.05) is 13.6 Å². The number of aromatic nitrogens is 1. The molecular weight excluding hydrogens is 450 g/mol. The third-order valence-corrected chi connectivity index (χ3v) is 7.43. The van der Waals surface area contributed by atoms with Gasteiger partial charge in [-0.1, -0.05) is 37.5 Å². The number of nitrogens with two attached hydrogens (primary N) is 1. The summed E-state index contributed by atoms with van der Waals surface area (Å²) in [5, 5.41) is 0. The van der Waals surface area contributed by atoms with Gasteiger partial charge in [0, 0.05) is 25.1 Å². The third-order valence-electron chi connectivity index (χ3n) is 7.43.